The largest absolute Gasteiger partial charge is 0.387 e. The van der Waals surface area contributed by atoms with Crippen molar-refractivity contribution in [1.29, 1.82) is 0 Å². The summed E-state index contributed by atoms with van der Waals surface area (Å²) in [6.45, 7) is 5.03. The number of aliphatic hydroxyl groups is 1. The van der Waals surface area contributed by atoms with E-state index in [1.54, 1.807) is 0 Å². The normalized spacial score (nSPS) is 17.8. The molecular weight excluding hydrogens is 198 g/mol. The van der Waals surface area contributed by atoms with Gasteiger partial charge in [0.25, 0.3) is 0 Å². The van der Waals surface area contributed by atoms with Gasteiger partial charge in [-0.15, -0.1) is 0 Å². The van der Waals surface area contributed by atoms with Gasteiger partial charge < -0.3 is 10.4 Å². The fourth-order valence-corrected chi connectivity index (χ4v) is 1.79. The molecule has 1 fully saturated rings. The summed E-state index contributed by atoms with van der Waals surface area (Å²) in [5.41, 5.74) is 2.34. The van der Waals surface area contributed by atoms with Crippen molar-refractivity contribution < 1.29 is 5.11 Å². The maximum absolute atomic E-state index is 9.96. The van der Waals surface area contributed by atoms with Crippen molar-refractivity contribution in [3.63, 3.8) is 0 Å². The Morgan fingerprint density at radius 1 is 1.19 bits per heavy atom. The molecule has 0 aromatic heterocycles. The van der Waals surface area contributed by atoms with Gasteiger partial charge in [0.2, 0.25) is 0 Å². The van der Waals surface area contributed by atoms with E-state index in [0.29, 0.717) is 18.5 Å². The van der Waals surface area contributed by atoms with Crippen molar-refractivity contribution >= 4 is 0 Å². The molecule has 1 aromatic rings. The van der Waals surface area contributed by atoms with Crippen LogP contribution in [0.1, 0.15) is 49.8 Å². The van der Waals surface area contributed by atoms with Crippen LogP contribution in [0.25, 0.3) is 0 Å². The monoisotopic (exact) mass is 219 g/mol. The molecule has 1 aromatic carbocycles. The van der Waals surface area contributed by atoms with E-state index in [2.05, 4.69) is 31.3 Å². The summed E-state index contributed by atoms with van der Waals surface area (Å²) in [7, 11) is 0. The standard InChI is InChI=1S/C14H21NO/c1-10(2)11-3-5-12(6-4-11)14(16)9-15-13-7-8-13/h3-6,10,13-16H,7-9H2,1-2H3. The van der Waals surface area contributed by atoms with E-state index in [-0.39, 0.29) is 6.10 Å². The Kier molecular flexibility index (Phi) is 3.62. The fraction of sp³-hybridized carbons (Fsp3) is 0.571. The molecule has 0 radical (unpaired) electrons. The first-order chi connectivity index (χ1) is 7.66. The molecule has 1 aliphatic rings. The molecule has 2 rings (SSSR count). The summed E-state index contributed by atoms with van der Waals surface area (Å²) in [6.07, 6.45) is 2.15. The van der Waals surface area contributed by atoms with Gasteiger partial charge >= 0.3 is 0 Å². The maximum Gasteiger partial charge on any atom is 0.0914 e. The minimum atomic E-state index is -0.373. The average Bonchev–Trinajstić information content (AvgIpc) is 3.10. The summed E-state index contributed by atoms with van der Waals surface area (Å²) in [6, 6.07) is 8.95. The average molecular weight is 219 g/mol. The van der Waals surface area contributed by atoms with E-state index in [1.807, 2.05) is 12.1 Å². The molecule has 0 heterocycles. The van der Waals surface area contributed by atoms with Crippen molar-refractivity contribution in [2.75, 3.05) is 6.54 Å². The predicted octanol–water partition coefficient (Wildman–Crippen LogP) is 2.60. The third-order valence-corrected chi connectivity index (χ3v) is 3.17. The second-order valence-corrected chi connectivity index (χ2v) is 5.02. The lowest BCUT2D eigenvalue weighted by molar-refractivity contribution is 0.174. The fourth-order valence-electron chi connectivity index (χ4n) is 1.79. The van der Waals surface area contributed by atoms with Crippen molar-refractivity contribution in [3.8, 4) is 0 Å². The summed E-state index contributed by atoms with van der Waals surface area (Å²) in [5, 5.41) is 13.3. The molecule has 1 aliphatic carbocycles. The van der Waals surface area contributed by atoms with Gasteiger partial charge in [-0.3, -0.25) is 0 Å². The third kappa shape index (κ3) is 3.06. The van der Waals surface area contributed by atoms with E-state index in [0.717, 1.165) is 5.56 Å². The van der Waals surface area contributed by atoms with E-state index in [4.69, 9.17) is 0 Å². The SMILES string of the molecule is CC(C)c1ccc(C(O)CNC2CC2)cc1. The van der Waals surface area contributed by atoms with Crippen LogP contribution >= 0.6 is 0 Å². The third-order valence-electron chi connectivity index (χ3n) is 3.17. The lowest BCUT2D eigenvalue weighted by Crippen LogP contribution is -2.23. The first-order valence-electron chi connectivity index (χ1n) is 6.18. The Morgan fingerprint density at radius 2 is 1.75 bits per heavy atom. The lowest BCUT2D eigenvalue weighted by atomic mass is 10.00. The van der Waals surface area contributed by atoms with Crippen LogP contribution in [0.5, 0.6) is 0 Å². The van der Waals surface area contributed by atoms with E-state index in [9.17, 15) is 5.11 Å². The predicted molar refractivity (Wildman–Crippen MR) is 66.5 cm³/mol. The molecule has 2 N–H and O–H groups in total. The quantitative estimate of drug-likeness (QED) is 0.798. The van der Waals surface area contributed by atoms with Crippen molar-refractivity contribution in [3.05, 3.63) is 35.4 Å². The van der Waals surface area contributed by atoms with Gasteiger partial charge in [-0.05, 0) is 29.9 Å². The first kappa shape index (κ1) is 11.6. The van der Waals surface area contributed by atoms with Crippen molar-refractivity contribution in [2.45, 2.75) is 44.8 Å². The van der Waals surface area contributed by atoms with Gasteiger partial charge in [-0.2, -0.15) is 0 Å². The van der Waals surface area contributed by atoms with Crippen LogP contribution in [0.15, 0.2) is 24.3 Å². The smallest absolute Gasteiger partial charge is 0.0914 e. The molecular formula is C14H21NO. The molecule has 0 amide bonds. The zero-order valence-corrected chi connectivity index (χ0v) is 10.1. The number of benzene rings is 1. The van der Waals surface area contributed by atoms with Crippen molar-refractivity contribution in [1.82, 2.24) is 5.32 Å². The highest BCUT2D eigenvalue weighted by Crippen LogP contribution is 2.21. The topological polar surface area (TPSA) is 32.3 Å². The van der Waals surface area contributed by atoms with Gasteiger partial charge in [0.15, 0.2) is 0 Å². The van der Waals surface area contributed by atoms with E-state index < -0.39 is 0 Å². The Balaban J connectivity index is 1.91. The Morgan fingerprint density at radius 3 is 2.25 bits per heavy atom. The number of hydrogen-bond acceptors (Lipinski definition) is 2. The first-order valence-corrected chi connectivity index (χ1v) is 6.18. The summed E-state index contributed by atoms with van der Waals surface area (Å²) in [4.78, 5) is 0. The molecule has 16 heavy (non-hydrogen) atoms. The van der Waals surface area contributed by atoms with Crippen LogP contribution in [0.2, 0.25) is 0 Å². The highest BCUT2D eigenvalue weighted by molar-refractivity contribution is 5.26. The van der Waals surface area contributed by atoms with E-state index >= 15 is 0 Å². The number of aliphatic hydroxyl groups excluding tert-OH is 1. The summed E-state index contributed by atoms with van der Waals surface area (Å²) >= 11 is 0. The minimum absolute atomic E-state index is 0.373. The van der Waals surface area contributed by atoms with Gasteiger partial charge in [-0.25, -0.2) is 0 Å². The number of rotatable bonds is 5. The van der Waals surface area contributed by atoms with E-state index in [1.165, 1.54) is 18.4 Å². The number of hydrogen-bond donors (Lipinski definition) is 2. The lowest BCUT2D eigenvalue weighted by Gasteiger charge is -2.13. The zero-order chi connectivity index (χ0) is 11.5. The Labute approximate surface area is 97.7 Å². The van der Waals surface area contributed by atoms with Crippen LogP contribution in [-0.2, 0) is 0 Å². The number of nitrogens with one attached hydrogen (secondary N) is 1. The zero-order valence-electron chi connectivity index (χ0n) is 10.1. The van der Waals surface area contributed by atoms with Gasteiger partial charge in [0, 0.05) is 12.6 Å². The molecule has 2 heteroatoms. The maximum atomic E-state index is 9.96. The molecule has 0 spiro atoms. The Hall–Kier alpha value is -0.860. The molecule has 1 atom stereocenters. The van der Waals surface area contributed by atoms with Crippen LogP contribution < -0.4 is 5.32 Å². The Bertz CT molecular complexity index is 327. The van der Waals surface area contributed by atoms with Crippen LogP contribution in [0.3, 0.4) is 0 Å². The van der Waals surface area contributed by atoms with Crippen LogP contribution in [0.4, 0.5) is 0 Å². The second-order valence-electron chi connectivity index (χ2n) is 5.02. The van der Waals surface area contributed by atoms with Gasteiger partial charge in [-0.1, -0.05) is 38.1 Å². The van der Waals surface area contributed by atoms with Crippen LogP contribution in [-0.4, -0.2) is 17.7 Å². The summed E-state index contributed by atoms with van der Waals surface area (Å²) < 4.78 is 0. The minimum Gasteiger partial charge on any atom is -0.387 e. The highest BCUT2D eigenvalue weighted by Gasteiger charge is 2.21. The van der Waals surface area contributed by atoms with Gasteiger partial charge in [0.1, 0.15) is 0 Å². The highest BCUT2D eigenvalue weighted by atomic mass is 16.3. The summed E-state index contributed by atoms with van der Waals surface area (Å²) in [5.74, 6) is 0.552. The van der Waals surface area contributed by atoms with Crippen LogP contribution in [0, 0.1) is 0 Å². The van der Waals surface area contributed by atoms with Crippen molar-refractivity contribution in [2.24, 2.45) is 0 Å². The second kappa shape index (κ2) is 4.98. The molecule has 0 bridgehead atoms. The molecule has 0 saturated heterocycles. The molecule has 88 valence electrons. The molecule has 2 nitrogen and oxygen atoms in total. The molecule has 1 unspecified atom stereocenters. The van der Waals surface area contributed by atoms with Gasteiger partial charge in [0.05, 0.1) is 6.10 Å². The molecule has 1 saturated carbocycles. The molecule has 0 aliphatic heterocycles.